The molecule has 0 unspecified atom stereocenters. The fraction of sp³-hybridized carbons (Fsp3) is 0.167. The Kier molecular flexibility index (Phi) is 4.59. The highest BCUT2D eigenvalue weighted by Gasteiger charge is 2.16. The third kappa shape index (κ3) is 3.77. The molecule has 0 aliphatic rings. The summed E-state index contributed by atoms with van der Waals surface area (Å²) in [5, 5.41) is 0.623. The van der Waals surface area contributed by atoms with Gasteiger partial charge in [-0.1, -0.05) is 23.7 Å². The van der Waals surface area contributed by atoms with Crippen LogP contribution in [0.2, 0.25) is 5.02 Å². The van der Waals surface area contributed by atoms with E-state index in [4.69, 9.17) is 17.3 Å². The van der Waals surface area contributed by atoms with Gasteiger partial charge in [0.2, 0.25) is 10.0 Å². The van der Waals surface area contributed by atoms with Crippen molar-refractivity contribution in [1.29, 1.82) is 0 Å². The molecule has 1 aromatic carbocycles. The predicted molar refractivity (Wildman–Crippen MR) is 77.7 cm³/mol. The average Bonchev–Trinajstić information content (AvgIpc) is 2.88. The van der Waals surface area contributed by atoms with Crippen LogP contribution in [-0.2, 0) is 23.1 Å². The Balaban J connectivity index is 2.07. The summed E-state index contributed by atoms with van der Waals surface area (Å²) in [6.45, 7) is 0.576. The van der Waals surface area contributed by atoms with E-state index in [9.17, 15) is 8.42 Å². The van der Waals surface area contributed by atoms with Crippen molar-refractivity contribution in [2.75, 3.05) is 0 Å². The van der Waals surface area contributed by atoms with Gasteiger partial charge in [-0.05, 0) is 29.8 Å². The first kappa shape index (κ1) is 14.5. The van der Waals surface area contributed by atoms with Crippen LogP contribution in [0.15, 0.2) is 40.6 Å². The number of rotatable bonds is 5. The van der Waals surface area contributed by atoms with Gasteiger partial charge in [-0.15, -0.1) is 11.3 Å². The molecular formula is C12H13ClN2O2S2. The predicted octanol–water partition coefficient (Wildman–Crippen LogP) is 2.34. The van der Waals surface area contributed by atoms with E-state index < -0.39 is 10.0 Å². The van der Waals surface area contributed by atoms with Gasteiger partial charge in [0.15, 0.2) is 0 Å². The zero-order valence-corrected chi connectivity index (χ0v) is 12.4. The van der Waals surface area contributed by atoms with Gasteiger partial charge in [-0.2, -0.15) is 0 Å². The highest BCUT2D eigenvalue weighted by atomic mass is 35.5. The smallest absolute Gasteiger partial charge is 0.250 e. The summed E-state index contributed by atoms with van der Waals surface area (Å²) in [5.74, 6) is 0. The molecule has 0 aliphatic carbocycles. The molecule has 7 heteroatoms. The fourth-order valence-electron chi connectivity index (χ4n) is 1.46. The lowest BCUT2D eigenvalue weighted by atomic mass is 10.2. The normalized spacial score (nSPS) is 11.7. The quantitative estimate of drug-likeness (QED) is 0.889. The van der Waals surface area contributed by atoms with E-state index in [1.54, 1.807) is 36.4 Å². The topological polar surface area (TPSA) is 72.2 Å². The molecule has 0 radical (unpaired) electrons. The number of halogens is 1. The minimum atomic E-state index is -3.48. The molecule has 0 fully saturated rings. The molecule has 1 heterocycles. The summed E-state index contributed by atoms with van der Waals surface area (Å²) >= 11 is 6.95. The maximum Gasteiger partial charge on any atom is 0.250 e. The molecule has 0 bridgehead atoms. The van der Waals surface area contributed by atoms with Crippen LogP contribution in [0.1, 0.15) is 10.4 Å². The van der Waals surface area contributed by atoms with Crippen molar-refractivity contribution < 1.29 is 8.42 Å². The van der Waals surface area contributed by atoms with Gasteiger partial charge in [-0.3, -0.25) is 0 Å². The van der Waals surface area contributed by atoms with Crippen LogP contribution in [0.5, 0.6) is 0 Å². The molecule has 4 nitrogen and oxygen atoms in total. The number of hydrogen-bond acceptors (Lipinski definition) is 4. The zero-order chi connectivity index (χ0) is 13.9. The van der Waals surface area contributed by atoms with Crippen molar-refractivity contribution in [3.63, 3.8) is 0 Å². The SMILES string of the molecule is NCc1ccc(S(=O)(=O)NCc2ccc(Cl)cc2)s1. The minimum absolute atomic E-state index is 0.232. The highest BCUT2D eigenvalue weighted by molar-refractivity contribution is 7.91. The summed E-state index contributed by atoms with van der Waals surface area (Å²) in [7, 11) is -3.48. The third-order valence-corrected chi connectivity index (χ3v) is 5.74. The van der Waals surface area contributed by atoms with Crippen LogP contribution in [-0.4, -0.2) is 8.42 Å². The molecule has 0 saturated heterocycles. The fourth-order valence-corrected chi connectivity index (χ4v) is 3.89. The second-order valence-electron chi connectivity index (χ2n) is 3.88. The van der Waals surface area contributed by atoms with Crippen molar-refractivity contribution in [1.82, 2.24) is 4.72 Å². The van der Waals surface area contributed by atoms with Gasteiger partial charge in [-0.25, -0.2) is 13.1 Å². The Morgan fingerprint density at radius 2 is 1.84 bits per heavy atom. The molecule has 102 valence electrons. The molecule has 2 rings (SSSR count). The lowest BCUT2D eigenvalue weighted by molar-refractivity contribution is 0.583. The highest BCUT2D eigenvalue weighted by Crippen LogP contribution is 2.21. The lowest BCUT2D eigenvalue weighted by Crippen LogP contribution is -2.22. The van der Waals surface area contributed by atoms with Crippen LogP contribution in [0.25, 0.3) is 0 Å². The Hall–Kier alpha value is -0.920. The van der Waals surface area contributed by atoms with Crippen LogP contribution in [0.3, 0.4) is 0 Å². The molecule has 0 aliphatic heterocycles. The molecule has 2 aromatic rings. The van der Waals surface area contributed by atoms with E-state index in [1.165, 1.54) is 11.3 Å². The van der Waals surface area contributed by atoms with Crippen LogP contribution in [0, 0.1) is 0 Å². The van der Waals surface area contributed by atoms with Gasteiger partial charge in [0.25, 0.3) is 0 Å². The second kappa shape index (κ2) is 6.02. The molecule has 0 saturated carbocycles. The van der Waals surface area contributed by atoms with Gasteiger partial charge in [0.1, 0.15) is 4.21 Å². The van der Waals surface area contributed by atoms with E-state index in [0.717, 1.165) is 10.4 Å². The van der Waals surface area contributed by atoms with Crippen LogP contribution in [0.4, 0.5) is 0 Å². The average molecular weight is 317 g/mol. The Bertz CT molecular complexity index is 651. The summed E-state index contributed by atoms with van der Waals surface area (Å²) < 4.78 is 26.9. The molecule has 0 amide bonds. The number of nitrogens with one attached hydrogen (secondary N) is 1. The first-order valence-corrected chi connectivity index (χ1v) is 8.22. The van der Waals surface area contributed by atoms with Crippen molar-refractivity contribution in [2.24, 2.45) is 5.73 Å². The largest absolute Gasteiger partial charge is 0.326 e. The summed E-state index contributed by atoms with van der Waals surface area (Å²) in [6.07, 6.45) is 0. The lowest BCUT2D eigenvalue weighted by Gasteiger charge is -2.05. The van der Waals surface area contributed by atoms with Crippen LogP contribution >= 0.6 is 22.9 Å². The van der Waals surface area contributed by atoms with E-state index in [1.807, 2.05) is 0 Å². The summed E-state index contributed by atoms with van der Waals surface area (Å²) in [6, 6.07) is 10.3. The first-order valence-electron chi connectivity index (χ1n) is 5.54. The first-order chi connectivity index (χ1) is 9.01. The van der Waals surface area contributed by atoms with Crippen LogP contribution < -0.4 is 10.5 Å². The van der Waals surface area contributed by atoms with Crippen molar-refractivity contribution in [3.05, 3.63) is 51.9 Å². The van der Waals surface area contributed by atoms with E-state index in [2.05, 4.69) is 4.72 Å². The molecule has 0 atom stereocenters. The third-order valence-electron chi connectivity index (χ3n) is 2.48. The van der Waals surface area contributed by atoms with Gasteiger partial charge >= 0.3 is 0 Å². The number of thiophene rings is 1. The Morgan fingerprint density at radius 1 is 1.16 bits per heavy atom. The summed E-state index contributed by atoms with van der Waals surface area (Å²) in [5.41, 5.74) is 6.32. The van der Waals surface area contributed by atoms with Gasteiger partial charge in [0.05, 0.1) is 0 Å². The minimum Gasteiger partial charge on any atom is -0.326 e. The maximum atomic E-state index is 12.0. The molecule has 0 spiro atoms. The maximum absolute atomic E-state index is 12.0. The van der Waals surface area contributed by atoms with Gasteiger partial charge in [0, 0.05) is 23.0 Å². The van der Waals surface area contributed by atoms with Crippen molar-refractivity contribution in [3.8, 4) is 0 Å². The van der Waals surface area contributed by atoms with E-state index >= 15 is 0 Å². The Labute approximate surface area is 121 Å². The summed E-state index contributed by atoms with van der Waals surface area (Å²) in [4.78, 5) is 0.840. The van der Waals surface area contributed by atoms with Crippen molar-refractivity contribution >= 4 is 33.0 Å². The van der Waals surface area contributed by atoms with Gasteiger partial charge < -0.3 is 5.73 Å². The Morgan fingerprint density at radius 3 is 2.42 bits per heavy atom. The molecular weight excluding hydrogens is 304 g/mol. The number of benzene rings is 1. The zero-order valence-electron chi connectivity index (χ0n) is 9.97. The number of nitrogens with two attached hydrogens (primary N) is 1. The van der Waals surface area contributed by atoms with E-state index in [-0.39, 0.29) is 10.8 Å². The van der Waals surface area contributed by atoms with Crippen molar-refractivity contribution in [2.45, 2.75) is 17.3 Å². The molecule has 1 aromatic heterocycles. The standard InChI is InChI=1S/C12H13ClN2O2S2/c13-10-3-1-9(2-4-10)8-15-19(16,17)12-6-5-11(7-14)18-12/h1-6,15H,7-8,14H2. The molecule has 19 heavy (non-hydrogen) atoms. The molecule has 3 N–H and O–H groups in total. The number of sulfonamides is 1. The second-order valence-corrected chi connectivity index (χ2v) is 7.47. The number of hydrogen-bond donors (Lipinski definition) is 2. The monoisotopic (exact) mass is 316 g/mol. The van der Waals surface area contributed by atoms with E-state index in [0.29, 0.717) is 11.6 Å².